The van der Waals surface area contributed by atoms with E-state index < -0.39 is 29.9 Å². The first-order valence-corrected chi connectivity index (χ1v) is 9.74. The van der Waals surface area contributed by atoms with Crippen LogP contribution in [0.2, 0.25) is 0 Å². The Morgan fingerprint density at radius 1 is 1.10 bits per heavy atom. The summed E-state index contributed by atoms with van der Waals surface area (Å²) in [5.74, 6) is 3.37. The van der Waals surface area contributed by atoms with Crippen molar-refractivity contribution in [1.29, 1.82) is 0 Å². The molecule has 0 aliphatic heterocycles. The van der Waals surface area contributed by atoms with Crippen molar-refractivity contribution in [2.24, 2.45) is 0 Å². The van der Waals surface area contributed by atoms with Crippen molar-refractivity contribution >= 4 is 17.8 Å². The van der Waals surface area contributed by atoms with Crippen LogP contribution in [-0.2, 0) is 25.5 Å². The van der Waals surface area contributed by atoms with E-state index in [1.165, 1.54) is 6.92 Å². The Hall–Kier alpha value is -3.29. The molecule has 3 N–H and O–H groups in total. The quantitative estimate of drug-likeness (QED) is 0.349. The number of carbonyl (C=O) groups excluding carboxylic acids is 3. The summed E-state index contributed by atoms with van der Waals surface area (Å²) in [6.07, 6.45) is 11.0. The topological polar surface area (TPSA) is 96.5 Å². The van der Waals surface area contributed by atoms with Gasteiger partial charge in [0.1, 0.15) is 6.04 Å². The minimum Gasteiger partial charge on any atom is -0.452 e. The summed E-state index contributed by atoms with van der Waals surface area (Å²) in [5, 5.41) is 8.45. The summed E-state index contributed by atoms with van der Waals surface area (Å²) in [6, 6.07) is 8.20. The normalized spacial score (nSPS) is 13.1. The molecule has 0 bridgehead atoms. The number of amides is 2. The molecule has 0 saturated carbocycles. The van der Waals surface area contributed by atoms with Crippen LogP contribution in [-0.4, -0.2) is 49.6 Å². The molecule has 1 aromatic rings. The lowest BCUT2D eigenvalue weighted by molar-refractivity contribution is -0.154. The Kier molecular flexibility index (Phi) is 11.4. The molecular formula is C23H29N3O4. The second-order valence-corrected chi connectivity index (χ2v) is 6.73. The molecule has 0 spiro atoms. The largest absolute Gasteiger partial charge is 0.452 e. The highest BCUT2D eigenvalue weighted by Gasteiger charge is 2.27. The highest BCUT2D eigenvalue weighted by molar-refractivity contribution is 5.90. The zero-order valence-electron chi connectivity index (χ0n) is 17.4. The molecule has 0 radical (unpaired) electrons. The summed E-state index contributed by atoms with van der Waals surface area (Å²) in [5.41, 5.74) is 0.822. The Morgan fingerprint density at radius 2 is 1.80 bits per heavy atom. The molecule has 7 heteroatoms. The van der Waals surface area contributed by atoms with Gasteiger partial charge in [0.25, 0.3) is 5.91 Å². The number of hydrogen-bond acceptors (Lipinski definition) is 5. The number of benzene rings is 1. The van der Waals surface area contributed by atoms with Crippen molar-refractivity contribution in [2.75, 3.05) is 13.6 Å². The monoisotopic (exact) mass is 411 g/mol. The van der Waals surface area contributed by atoms with Gasteiger partial charge in [0, 0.05) is 38.8 Å². The number of ether oxygens (including phenoxy) is 1. The van der Waals surface area contributed by atoms with Crippen molar-refractivity contribution in [2.45, 2.75) is 50.8 Å². The van der Waals surface area contributed by atoms with Crippen LogP contribution in [0.15, 0.2) is 30.3 Å². The van der Waals surface area contributed by atoms with E-state index in [4.69, 9.17) is 17.6 Å². The summed E-state index contributed by atoms with van der Waals surface area (Å²) in [7, 11) is 1.78. The van der Waals surface area contributed by atoms with Gasteiger partial charge in [-0.2, -0.15) is 0 Å². The number of nitrogens with one attached hydrogen (secondary N) is 3. The number of terminal acetylenes is 2. The molecule has 0 saturated heterocycles. The molecule has 2 amide bonds. The van der Waals surface area contributed by atoms with E-state index in [1.54, 1.807) is 7.05 Å². The van der Waals surface area contributed by atoms with Crippen molar-refractivity contribution in [3.63, 3.8) is 0 Å². The van der Waals surface area contributed by atoms with Gasteiger partial charge in [0.2, 0.25) is 5.91 Å². The Labute approximate surface area is 178 Å². The number of hydrogen-bond donors (Lipinski definition) is 3. The van der Waals surface area contributed by atoms with Crippen LogP contribution in [0.4, 0.5) is 0 Å². The van der Waals surface area contributed by atoms with E-state index in [0.29, 0.717) is 19.4 Å². The number of esters is 1. The maximum Gasteiger partial charge on any atom is 0.303 e. The average molecular weight is 412 g/mol. The minimum atomic E-state index is -1.07. The van der Waals surface area contributed by atoms with Crippen LogP contribution in [0.3, 0.4) is 0 Å². The summed E-state index contributed by atoms with van der Waals surface area (Å²) in [6.45, 7) is 1.57. The standard InChI is InChI=1S/C23H29N3O4/c1-5-7-14-19(24-4)16-25-22(28)20(11-6-2)26-23(29)21(30-17(3)27)15-18-12-9-8-10-13-18/h1-2,8-10,12-13,19-21,24H,7,11,14-16H2,3-4H3,(H,25,28)(H,26,29)/t19-,20?,21-/m0/s1. The lowest BCUT2D eigenvalue weighted by Gasteiger charge is -2.22. The van der Waals surface area contributed by atoms with E-state index >= 15 is 0 Å². The van der Waals surface area contributed by atoms with Crippen LogP contribution in [0.5, 0.6) is 0 Å². The number of carbonyl (C=O) groups is 3. The van der Waals surface area contributed by atoms with Gasteiger partial charge in [-0.05, 0) is 19.0 Å². The van der Waals surface area contributed by atoms with Gasteiger partial charge in [-0.3, -0.25) is 14.4 Å². The van der Waals surface area contributed by atoms with Crippen LogP contribution in [0.25, 0.3) is 0 Å². The molecule has 0 heterocycles. The first-order valence-electron chi connectivity index (χ1n) is 9.74. The van der Waals surface area contributed by atoms with E-state index in [1.807, 2.05) is 30.3 Å². The third-order valence-electron chi connectivity index (χ3n) is 4.39. The lowest BCUT2D eigenvalue weighted by Crippen LogP contribution is -2.52. The van der Waals surface area contributed by atoms with Gasteiger partial charge >= 0.3 is 5.97 Å². The summed E-state index contributed by atoms with van der Waals surface area (Å²) >= 11 is 0. The molecule has 0 aliphatic rings. The van der Waals surface area contributed by atoms with E-state index in [0.717, 1.165) is 5.56 Å². The van der Waals surface area contributed by atoms with Crippen LogP contribution in [0.1, 0.15) is 31.7 Å². The third-order valence-corrected chi connectivity index (χ3v) is 4.39. The molecule has 1 aromatic carbocycles. The van der Waals surface area contributed by atoms with E-state index in [-0.39, 0.29) is 18.9 Å². The van der Waals surface area contributed by atoms with E-state index in [2.05, 4.69) is 27.8 Å². The predicted octanol–water partition coefficient (Wildman–Crippen LogP) is 0.787. The smallest absolute Gasteiger partial charge is 0.303 e. The first kappa shape index (κ1) is 24.7. The summed E-state index contributed by atoms with van der Waals surface area (Å²) < 4.78 is 5.17. The van der Waals surface area contributed by atoms with Crippen molar-refractivity contribution < 1.29 is 19.1 Å². The Morgan fingerprint density at radius 3 is 2.37 bits per heavy atom. The fraction of sp³-hybridized carbons (Fsp3) is 0.435. The highest BCUT2D eigenvalue weighted by Crippen LogP contribution is 2.08. The molecule has 160 valence electrons. The SMILES string of the molecule is C#CCC[C@@H](CNC(=O)C(CC#C)NC(=O)[C@H](Cc1ccccc1)OC(C)=O)NC. The Balaban J connectivity index is 2.78. The van der Waals surface area contributed by atoms with Crippen LogP contribution in [0, 0.1) is 24.7 Å². The molecule has 0 aromatic heterocycles. The van der Waals surface area contributed by atoms with Gasteiger partial charge in [-0.25, -0.2) is 0 Å². The highest BCUT2D eigenvalue weighted by atomic mass is 16.5. The lowest BCUT2D eigenvalue weighted by atomic mass is 10.1. The number of likely N-dealkylation sites (N-methyl/N-ethyl adjacent to an activating group) is 1. The zero-order chi connectivity index (χ0) is 22.4. The van der Waals surface area contributed by atoms with Crippen LogP contribution >= 0.6 is 0 Å². The van der Waals surface area contributed by atoms with Crippen molar-refractivity contribution in [3.8, 4) is 24.7 Å². The Bertz CT molecular complexity index is 780. The van der Waals surface area contributed by atoms with Gasteiger partial charge < -0.3 is 20.7 Å². The number of rotatable bonds is 12. The fourth-order valence-electron chi connectivity index (χ4n) is 2.76. The molecule has 0 fully saturated rings. The average Bonchev–Trinajstić information content (AvgIpc) is 2.73. The van der Waals surface area contributed by atoms with Gasteiger partial charge in [-0.15, -0.1) is 24.7 Å². The maximum absolute atomic E-state index is 12.7. The zero-order valence-corrected chi connectivity index (χ0v) is 17.4. The van der Waals surface area contributed by atoms with E-state index in [9.17, 15) is 14.4 Å². The predicted molar refractivity (Wildman–Crippen MR) is 115 cm³/mol. The molecule has 1 unspecified atom stereocenters. The molecule has 1 rings (SSSR count). The second kappa shape index (κ2) is 13.8. The van der Waals surface area contributed by atoms with Gasteiger partial charge in [0.15, 0.2) is 6.10 Å². The molecule has 30 heavy (non-hydrogen) atoms. The molecular weight excluding hydrogens is 382 g/mol. The van der Waals surface area contributed by atoms with Crippen molar-refractivity contribution in [3.05, 3.63) is 35.9 Å². The first-order chi connectivity index (χ1) is 14.4. The minimum absolute atomic E-state index is 0.000868. The maximum atomic E-state index is 12.7. The van der Waals surface area contributed by atoms with Gasteiger partial charge in [-0.1, -0.05) is 30.3 Å². The van der Waals surface area contributed by atoms with Gasteiger partial charge in [0.05, 0.1) is 0 Å². The molecule has 3 atom stereocenters. The third kappa shape index (κ3) is 9.27. The molecule has 7 nitrogen and oxygen atoms in total. The fourth-order valence-corrected chi connectivity index (χ4v) is 2.76. The van der Waals surface area contributed by atoms with Crippen molar-refractivity contribution in [1.82, 2.24) is 16.0 Å². The van der Waals surface area contributed by atoms with Crippen LogP contribution < -0.4 is 16.0 Å². The second-order valence-electron chi connectivity index (χ2n) is 6.73. The molecule has 0 aliphatic carbocycles. The summed E-state index contributed by atoms with van der Waals surface area (Å²) in [4.78, 5) is 36.8.